The van der Waals surface area contributed by atoms with E-state index in [1.165, 1.54) is 16.9 Å². The summed E-state index contributed by atoms with van der Waals surface area (Å²) in [6, 6.07) is 8.96. The molecule has 1 saturated heterocycles. The minimum absolute atomic E-state index is 0. The molecule has 1 fully saturated rings. The van der Waals surface area contributed by atoms with Gasteiger partial charge in [-0.3, -0.25) is 9.79 Å². The molecule has 1 amide bonds. The van der Waals surface area contributed by atoms with Gasteiger partial charge in [0.1, 0.15) is 0 Å². The Morgan fingerprint density at radius 3 is 2.63 bits per heavy atom. The van der Waals surface area contributed by atoms with Crippen molar-refractivity contribution < 1.29 is 4.79 Å². The number of thioether (sulfide) groups is 1. The van der Waals surface area contributed by atoms with Crippen LogP contribution in [0.1, 0.15) is 38.2 Å². The molecule has 1 aliphatic heterocycles. The Bertz CT molecular complexity index is 609. The summed E-state index contributed by atoms with van der Waals surface area (Å²) < 4.78 is 0. The first-order valence-corrected chi connectivity index (χ1v) is 10.6. The third kappa shape index (κ3) is 7.52. The molecule has 0 spiro atoms. The number of likely N-dealkylation sites (tertiary alicyclic amines) is 1. The van der Waals surface area contributed by atoms with Crippen LogP contribution in [0.25, 0.3) is 0 Å². The molecule has 1 heterocycles. The second-order valence-corrected chi connectivity index (χ2v) is 7.74. The number of piperidine rings is 1. The standard InChI is InChI=1S/C20H32N4OS.HI/c1-16-7-5-6-14-24(16)19(25)12-13-22-20(21-2)23(3)15-17-8-10-18(26-4)11-9-17;/h8-11,16H,5-7,12-15H2,1-4H3,(H,21,22);1H. The van der Waals surface area contributed by atoms with Gasteiger partial charge in [0, 0.05) is 51.1 Å². The molecule has 5 nitrogen and oxygen atoms in total. The topological polar surface area (TPSA) is 47.9 Å². The summed E-state index contributed by atoms with van der Waals surface area (Å²) in [6.07, 6.45) is 6.08. The largest absolute Gasteiger partial charge is 0.356 e. The van der Waals surface area contributed by atoms with Crippen molar-refractivity contribution in [3.8, 4) is 0 Å². The summed E-state index contributed by atoms with van der Waals surface area (Å²) >= 11 is 1.75. The van der Waals surface area contributed by atoms with Gasteiger partial charge >= 0.3 is 0 Å². The summed E-state index contributed by atoms with van der Waals surface area (Å²) in [6.45, 7) is 4.45. The number of carbonyl (C=O) groups excluding carboxylic acids is 1. The lowest BCUT2D eigenvalue weighted by Crippen LogP contribution is -2.44. The maximum Gasteiger partial charge on any atom is 0.224 e. The molecule has 1 atom stereocenters. The van der Waals surface area contributed by atoms with Crippen molar-refractivity contribution in [2.24, 2.45) is 4.99 Å². The minimum atomic E-state index is 0. The Morgan fingerprint density at radius 2 is 2.04 bits per heavy atom. The number of benzene rings is 1. The fourth-order valence-electron chi connectivity index (χ4n) is 3.36. The molecule has 1 N–H and O–H groups in total. The Morgan fingerprint density at radius 1 is 1.33 bits per heavy atom. The molecule has 0 saturated carbocycles. The van der Waals surface area contributed by atoms with Crippen molar-refractivity contribution in [2.45, 2.75) is 50.1 Å². The molecule has 2 rings (SSSR count). The smallest absolute Gasteiger partial charge is 0.224 e. The summed E-state index contributed by atoms with van der Waals surface area (Å²) in [5.74, 6) is 1.06. The van der Waals surface area contributed by atoms with Crippen LogP contribution in [-0.2, 0) is 11.3 Å². The van der Waals surface area contributed by atoms with Gasteiger partial charge in [0.25, 0.3) is 0 Å². The predicted octanol–water partition coefficient (Wildman–Crippen LogP) is 3.82. The van der Waals surface area contributed by atoms with Crippen molar-refractivity contribution in [3.63, 3.8) is 0 Å². The van der Waals surface area contributed by atoms with Gasteiger partial charge in [-0.2, -0.15) is 0 Å². The lowest BCUT2D eigenvalue weighted by Gasteiger charge is -2.33. The van der Waals surface area contributed by atoms with Crippen LogP contribution < -0.4 is 5.32 Å². The Labute approximate surface area is 185 Å². The number of aliphatic imine (C=N–C) groups is 1. The van der Waals surface area contributed by atoms with E-state index in [0.29, 0.717) is 19.0 Å². The van der Waals surface area contributed by atoms with E-state index < -0.39 is 0 Å². The molecule has 27 heavy (non-hydrogen) atoms. The third-order valence-corrected chi connectivity index (χ3v) is 5.64. The van der Waals surface area contributed by atoms with Crippen LogP contribution in [0.15, 0.2) is 34.2 Å². The molecule has 1 aliphatic rings. The Balaban J connectivity index is 0.00000364. The van der Waals surface area contributed by atoms with Crippen LogP contribution >= 0.6 is 35.7 Å². The number of amides is 1. The lowest BCUT2D eigenvalue weighted by atomic mass is 10.0. The number of nitrogens with zero attached hydrogens (tertiary/aromatic N) is 3. The summed E-state index contributed by atoms with van der Waals surface area (Å²) in [7, 11) is 3.80. The number of hydrogen-bond acceptors (Lipinski definition) is 3. The van der Waals surface area contributed by atoms with Crippen molar-refractivity contribution >= 4 is 47.6 Å². The normalized spacial score (nSPS) is 17.3. The average molecular weight is 504 g/mol. The first-order valence-electron chi connectivity index (χ1n) is 9.39. The van der Waals surface area contributed by atoms with E-state index in [1.807, 2.05) is 11.9 Å². The quantitative estimate of drug-likeness (QED) is 0.277. The minimum Gasteiger partial charge on any atom is -0.356 e. The zero-order chi connectivity index (χ0) is 18.9. The van der Waals surface area contributed by atoms with Crippen LogP contribution in [0, 0.1) is 0 Å². The van der Waals surface area contributed by atoms with Crippen LogP contribution in [0.4, 0.5) is 0 Å². The van der Waals surface area contributed by atoms with E-state index in [2.05, 4.69) is 52.7 Å². The van der Waals surface area contributed by atoms with Crippen LogP contribution in [0.5, 0.6) is 0 Å². The zero-order valence-corrected chi connectivity index (χ0v) is 20.0. The van der Waals surface area contributed by atoms with Gasteiger partial charge < -0.3 is 15.1 Å². The monoisotopic (exact) mass is 504 g/mol. The first kappa shape index (κ1) is 24.1. The number of guanidine groups is 1. The number of hydrogen-bond donors (Lipinski definition) is 1. The molecular weight excluding hydrogens is 471 g/mol. The molecule has 0 radical (unpaired) electrons. The van der Waals surface area contributed by atoms with Gasteiger partial charge in [-0.1, -0.05) is 12.1 Å². The SMILES string of the molecule is CN=C(NCCC(=O)N1CCCCC1C)N(C)Cc1ccc(SC)cc1.I. The highest BCUT2D eigenvalue weighted by molar-refractivity contribution is 14.0. The second kappa shape index (κ2) is 12.5. The van der Waals surface area contributed by atoms with Crippen molar-refractivity contribution in [2.75, 3.05) is 33.4 Å². The van der Waals surface area contributed by atoms with E-state index in [9.17, 15) is 4.79 Å². The number of halogens is 1. The number of rotatable bonds is 6. The fraction of sp³-hybridized carbons (Fsp3) is 0.600. The summed E-state index contributed by atoms with van der Waals surface area (Å²) in [4.78, 5) is 22.2. The van der Waals surface area contributed by atoms with Crippen molar-refractivity contribution in [1.82, 2.24) is 15.1 Å². The molecule has 1 aromatic rings. The zero-order valence-electron chi connectivity index (χ0n) is 16.9. The highest BCUT2D eigenvalue weighted by Gasteiger charge is 2.22. The summed E-state index contributed by atoms with van der Waals surface area (Å²) in [5.41, 5.74) is 1.24. The highest BCUT2D eigenvalue weighted by Crippen LogP contribution is 2.17. The number of nitrogens with one attached hydrogen (secondary N) is 1. The molecule has 0 aromatic heterocycles. The molecular formula is C20H33IN4OS. The van der Waals surface area contributed by atoms with Gasteiger partial charge in [0.15, 0.2) is 5.96 Å². The van der Waals surface area contributed by atoms with Crippen molar-refractivity contribution in [1.29, 1.82) is 0 Å². The van der Waals surface area contributed by atoms with E-state index in [-0.39, 0.29) is 29.9 Å². The van der Waals surface area contributed by atoms with E-state index in [4.69, 9.17) is 0 Å². The fourth-order valence-corrected chi connectivity index (χ4v) is 3.77. The summed E-state index contributed by atoms with van der Waals surface area (Å²) in [5, 5.41) is 3.32. The van der Waals surface area contributed by atoms with Crippen LogP contribution in [0.3, 0.4) is 0 Å². The Hall–Kier alpha value is -0.960. The average Bonchev–Trinajstić information content (AvgIpc) is 2.66. The molecule has 7 heteroatoms. The van der Waals surface area contributed by atoms with Gasteiger partial charge in [-0.15, -0.1) is 35.7 Å². The molecule has 1 unspecified atom stereocenters. The van der Waals surface area contributed by atoms with E-state index in [0.717, 1.165) is 31.9 Å². The predicted molar refractivity (Wildman–Crippen MR) is 126 cm³/mol. The second-order valence-electron chi connectivity index (χ2n) is 6.86. The molecule has 0 bridgehead atoms. The molecule has 152 valence electrons. The van der Waals surface area contributed by atoms with Crippen molar-refractivity contribution in [3.05, 3.63) is 29.8 Å². The highest BCUT2D eigenvalue weighted by atomic mass is 127. The van der Waals surface area contributed by atoms with Gasteiger partial charge in [0.05, 0.1) is 0 Å². The lowest BCUT2D eigenvalue weighted by molar-refractivity contribution is -0.134. The molecule has 0 aliphatic carbocycles. The Kier molecular flexibility index (Phi) is 11.1. The third-order valence-electron chi connectivity index (χ3n) is 4.90. The number of carbonyl (C=O) groups is 1. The van der Waals surface area contributed by atoms with E-state index >= 15 is 0 Å². The van der Waals surface area contributed by atoms with Gasteiger partial charge in [0.2, 0.25) is 5.91 Å². The van der Waals surface area contributed by atoms with Gasteiger partial charge in [-0.05, 0) is 50.1 Å². The molecule has 1 aromatic carbocycles. The van der Waals surface area contributed by atoms with Crippen LogP contribution in [-0.4, -0.2) is 61.1 Å². The van der Waals surface area contributed by atoms with Gasteiger partial charge in [-0.25, -0.2) is 0 Å². The maximum absolute atomic E-state index is 12.4. The van der Waals surface area contributed by atoms with E-state index in [1.54, 1.807) is 18.8 Å². The maximum atomic E-state index is 12.4. The first-order chi connectivity index (χ1) is 12.5. The van der Waals surface area contributed by atoms with Crippen LogP contribution in [0.2, 0.25) is 0 Å².